The third kappa shape index (κ3) is 3.10. The molecular weight excluding hydrogens is 369 g/mol. The molecule has 3 heterocycles. The first-order valence-electron chi connectivity index (χ1n) is 9.36. The van der Waals surface area contributed by atoms with E-state index in [4.69, 9.17) is 4.98 Å². The Balaban J connectivity index is 1.55. The summed E-state index contributed by atoms with van der Waals surface area (Å²) in [6.07, 6.45) is 3.62. The Morgan fingerprint density at radius 1 is 1.07 bits per heavy atom. The maximum Gasteiger partial charge on any atom is 0.321 e. The molecule has 4 aromatic rings. The number of halogens is 1. The van der Waals surface area contributed by atoms with Crippen molar-refractivity contribution >= 4 is 22.6 Å². The summed E-state index contributed by atoms with van der Waals surface area (Å²) in [4.78, 5) is 18.5. The quantitative estimate of drug-likeness (QED) is 0.577. The number of hydrogen-bond acceptors (Lipinski definition) is 3. The van der Waals surface area contributed by atoms with Crippen molar-refractivity contribution in [1.29, 1.82) is 0 Å². The smallest absolute Gasteiger partial charge is 0.321 e. The topological polar surface area (TPSA) is 63.1 Å². The highest BCUT2D eigenvalue weighted by atomic mass is 19.1. The number of amides is 2. The highest BCUT2D eigenvalue weighted by Crippen LogP contribution is 2.28. The summed E-state index contributed by atoms with van der Waals surface area (Å²) in [6.45, 7) is 3.33. The number of carbonyl (C=O) groups is 1. The van der Waals surface area contributed by atoms with E-state index in [1.54, 1.807) is 27.9 Å². The molecule has 1 N–H and O–H groups in total. The lowest BCUT2D eigenvalue weighted by Crippen LogP contribution is -2.27. The Morgan fingerprint density at radius 3 is 2.62 bits per heavy atom. The molecule has 2 aromatic heterocycles. The molecule has 0 atom stereocenters. The van der Waals surface area contributed by atoms with E-state index in [0.717, 1.165) is 39.1 Å². The second-order valence-corrected chi connectivity index (χ2v) is 7.06. The summed E-state index contributed by atoms with van der Waals surface area (Å²) in [5, 5.41) is 8.25. The molecule has 29 heavy (non-hydrogen) atoms. The number of nitrogens with zero attached hydrogens (tertiary/aromatic N) is 4. The third-order valence-electron chi connectivity index (χ3n) is 5.14. The van der Waals surface area contributed by atoms with Crippen molar-refractivity contribution in [3.05, 3.63) is 72.3 Å². The third-order valence-corrected chi connectivity index (χ3v) is 5.14. The predicted molar refractivity (Wildman–Crippen MR) is 110 cm³/mol. The van der Waals surface area contributed by atoms with Crippen molar-refractivity contribution in [2.75, 3.05) is 18.0 Å². The number of carbonyl (C=O) groups excluding carboxylic acids is 1. The summed E-state index contributed by atoms with van der Waals surface area (Å²) in [5.74, 6) is -0.282. The Bertz CT molecular complexity index is 1230. The van der Waals surface area contributed by atoms with Gasteiger partial charge in [-0.2, -0.15) is 5.10 Å². The molecule has 0 aliphatic carbocycles. The number of hydrogen-bond donors (Lipinski definition) is 1. The van der Waals surface area contributed by atoms with Crippen LogP contribution in [0.4, 0.5) is 14.9 Å². The summed E-state index contributed by atoms with van der Waals surface area (Å²) < 4.78 is 14.9. The van der Waals surface area contributed by atoms with Gasteiger partial charge >= 0.3 is 6.03 Å². The molecule has 144 valence electrons. The molecule has 0 unspecified atom stereocenters. The summed E-state index contributed by atoms with van der Waals surface area (Å²) in [6, 6.07) is 14.0. The summed E-state index contributed by atoms with van der Waals surface area (Å²) >= 11 is 0. The maximum absolute atomic E-state index is 13.2. The van der Waals surface area contributed by atoms with Gasteiger partial charge in [0.1, 0.15) is 5.82 Å². The number of pyridine rings is 1. The van der Waals surface area contributed by atoms with Gasteiger partial charge in [-0.1, -0.05) is 6.07 Å². The molecular formula is C22H18FN5O. The van der Waals surface area contributed by atoms with E-state index in [0.29, 0.717) is 13.1 Å². The molecule has 1 aliphatic heterocycles. The second-order valence-electron chi connectivity index (χ2n) is 7.06. The first-order chi connectivity index (χ1) is 14.1. The number of benzene rings is 2. The van der Waals surface area contributed by atoms with Gasteiger partial charge in [0.25, 0.3) is 0 Å². The van der Waals surface area contributed by atoms with Gasteiger partial charge in [0, 0.05) is 35.9 Å². The Kier molecular flexibility index (Phi) is 4.01. The SMILES string of the molecule is Cc1cc(-c2cnn(-c3ccc(F)cc3)c2)nc2cc(N3CCNC3=O)ccc12. The largest absolute Gasteiger partial charge is 0.336 e. The van der Waals surface area contributed by atoms with E-state index in [9.17, 15) is 9.18 Å². The van der Waals surface area contributed by atoms with E-state index in [2.05, 4.69) is 10.4 Å². The van der Waals surface area contributed by atoms with Crippen LogP contribution in [0.1, 0.15) is 5.56 Å². The van der Waals surface area contributed by atoms with E-state index < -0.39 is 0 Å². The van der Waals surface area contributed by atoms with Crippen molar-refractivity contribution in [3.8, 4) is 16.9 Å². The molecule has 0 spiro atoms. The Hall–Kier alpha value is -3.74. The van der Waals surface area contributed by atoms with Crippen LogP contribution < -0.4 is 10.2 Å². The molecule has 0 radical (unpaired) electrons. The molecule has 2 amide bonds. The zero-order valence-corrected chi connectivity index (χ0v) is 15.8. The lowest BCUT2D eigenvalue weighted by Gasteiger charge is -2.15. The maximum atomic E-state index is 13.2. The molecule has 7 heteroatoms. The van der Waals surface area contributed by atoms with Crippen LogP contribution in [0.3, 0.4) is 0 Å². The van der Waals surface area contributed by atoms with Crippen molar-refractivity contribution < 1.29 is 9.18 Å². The van der Waals surface area contributed by atoms with Gasteiger partial charge in [0.2, 0.25) is 0 Å². The molecule has 2 aromatic carbocycles. The van der Waals surface area contributed by atoms with Crippen molar-refractivity contribution in [1.82, 2.24) is 20.1 Å². The van der Waals surface area contributed by atoms with Crippen LogP contribution in [-0.4, -0.2) is 33.9 Å². The average Bonchev–Trinajstić information content (AvgIpc) is 3.37. The van der Waals surface area contributed by atoms with E-state index in [-0.39, 0.29) is 11.8 Å². The Labute approximate surface area is 166 Å². The number of rotatable bonds is 3. The van der Waals surface area contributed by atoms with Crippen LogP contribution in [0.25, 0.3) is 27.8 Å². The highest BCUT2D eigenvalue weighted by Gasteiger charge is 2.21. The van der Waals surface area contributed by atoms with Gasteiger partial charge in [-0.25, -0.2) is 18.9 Å². The van der Waals surface area contributed by atoms with Crippen LogP contribution in [0.2, 0.25) is 0 Å². The van der Waals surface area contributed by atoms with E-state index in [1.165, 1.54) is 12.1 Å². The van der Waals surface area contributed by atoms with Gasteiger partial charge in [-0.15, -0.1) is 0 Å². The Morgan fingerprint density at radius 2 is 1.86 bits per heavy atom. The summed E-state index contributed by atoms with van der Waals surface area (Å²) in [7, 11) is 0. The number of urea groups is 1. The van der Waals surface area contributed by atoms with Crippen molar-refractivity contribution in [2.24, 2.45) is 0 Å². The minimum Gasteiger partial charge on any atom is -0.336 e. The first kappa shape index (κ1) is 17.4. The standard InChI is InChI=1S/C22H18FN5O/c1-14-10-20(15-12-25-28(13-15)17-4-2-16(23)3-5-17)26-21-11-18(6-7-19(14)21)27-9-8-24-22(27)29/h2-7,10-13H,8-9H2,1H3,(H,24,29). The lowest BCUT2D eigenvalue weighted by atomic mass is 10.1. The van der Waals surface area contributed by atoms with E-state index in [1.807, 2.05) is 37.4 Å². The molecule has 1 aliphatic rings. The zero-order valence-electron chi connectivity index (χ0n) is 15.8. The fourth-order valence-electron chi connectivity index (χ4n) is 3.61. The predicted octanol–water partition coefficient (Wildman–Crippen LogP) is 4.06. The molecule has 0 bridgehead atoms. The zero-order chi connectivity index (χ0) is 20.0. The molecule has 5 rings (SSSR count). The number of fused-ring (bicyclic) bond motifs is 1. The van der Waals surface area contributed by atoms with Crippen molar-refractivity contribution in [2.45, 2.75) is 6.92 Å². The molecule has 1 fully saturated rings. The normalized spacial score (nSPS) is 13.9. The molecule has 0 saturated carbocycles. The van der Waals surface area contributed by atoms with E-state index >= 15 is 0 Å². The van der Waals surface area contributed by atoms with Crippen LogP contribution in [0, 0.1) is 12.7 Å². The first-order valence-corrected chi connectivity index (χ1v) is 9.36. The average molecular weight is 387 g/mol. The van der Waals surface area contributed by atoms with Gasteiger partial charge in [0.05, 0.1) is 23.1 Å². The van der Waals surface area contributed by atoms with Gasteiger partial charge < -0.3 is 5.32 Å². The van der Waals surface area contributed by atoms with Crippen LogP contribution in [-0.2, 0) is 0 Å². The number of anilines is 1. The minimum atomic E-state index is -0.282. The second kappa shape index (κ2) is 6.70. The number of aryl methyl sites for hydroxylation is 1. The summed E-state index contributed by atoms with van der Waals surface area (Å²) in [5.41, 5.74) is 5.19. The number of aromatic nitrogens is 3. The van der Waals surface area contributed by atoms with Gasteiger partial charge in [-0.05, 0) is 55.0 Å². The monoisotopic (exact) mass is 387 g/mol. The van der Waals surface area contributed by atoms with Crippen molar-refractivity contribution in [3.63, 3.8) is 0 Å². The lowest BCUT2D eigenvalue weighted by molar-refractivity contribution is 0.252. The van der Waals surface area contributed by atoms with Crippen LogP contribution in [0.5, 0.6) is 0 Å². The van der Waals surface area contributed by atoms with Gasteiger partial charge in [-0.3, -0.25) is 4.90 Å². The van der Waals surface area contributed by atoms with Gasteiger partial charge in [0.15, 0.2) is 0 Å². The van der Waals surface area contributed by atoms with Crippen LogP contribution >= 0.6 is 0 Å². The highest BCUT2D eigenvalue weighted by molar-refractivity contribution is 5.97. The fourth-order valence-corrected chi connectivity index (χ4v) is 3.61. The number of nitrogens with one attached hydrogen (secondary N) is 1. The molecule has 6 nitrogen and oxygen atoms in total. The van der Waals surface area contributed by atoms with Crippen LogP contribution in [0.15, 0.2) is 60.9 Å². The fraction of sp³-hybridized carbons (Fsp3) is 0.136. The molecule has 1 saturated heterocycles. The minimum absolute atomic E-state index is 0.0854.